The molecular formula is C48H36O2. The molecule has 9 aromatic rings. The average Bonchev–Trinajstić information content (AvgIpc) is 3.75. The molecule has 0 atom stereocenters. The monoisotopic (exact) mass is 644 g/mol. The summed E-state index contributed by atoms with van der Waals surface area (Å²) < 4.78 is 12.8. The maximum Gasteiger partial charge on any atom is 0.141 e. The van der Waals surface area contributed by atoms with Crippen molar-refractivity contribution >= 4 is 65.2 Å². The normalized spacial score (nSPS) is 23.0. The molecule has 0 radical (unpaired) electrons. The molecule has 4 saturated carbocycles. The van der Waals surface area contributed by atoms with Gasteiger partial charge in [0.15, 0.2) is 0 Å². The summed E-state index contributed by atoms with van der Waals surface area (Å²) in [6, 6.07) is 44.6. The molecule has 0 spiro atoms. The second-order valence-corrected chi connectivity index (χ2v) is 15.9. The van der Waals surface area contributed by atoms with E-state index in [0.717, 1.165) is 45.3 Å². The molecular weight excluding hydrogens is 609 g/mol. The van der Waals surface area contributed by atoms with Gasteiger partial charge in [-0.25, -0.2) is 0 Å². The van der Waals surface area contributed by atoms with Crippen molar-refractivity contribution in [1.29, 1.82) is 0 Å². The van der Waals surface area contributed by atoms with E-state index in [2.05, 4.69) is 122 Å². The summed E-state index contributed by atoms with van der Waals surface area (Å²) in [6.45, 7) is 0. The molecule has 2 nitrogen and oxygen atoms in total. The van der Waals surface area contributed by atoms with Crippen molar-refractivity contribution in [2.45, 2.75) is 43.9 Å². The Morgan fingerprint density at radius 3 is 1.66 bits per heavy atom. The molecule has 2 heteroatoms. The van der Waals surface area contributed by atoms with Crippen LogP contribution in [0.25, 0.3) is 87.5 Å². The van der Waals surface area contributed by atoms with E-state index in [1.54, 1.807) is 0 Å². The zero-order chi connectivity index (χ0) is 32.6. The van der Waals surface area contributed by atoms with Crippen LogP contribution in [0.5, 0.6) is 0 Å². The fraction of sp³-hybridized carbons (Fsp3) is 0.208. The summed E-state index contributed by atoms with van der Waals surface area (Å²) in [4.78, 5) is 0. The molecule has 0 saturated heterocycles. The van der Waals surface area contributed by atoms with Crippen LogP contribution in [0.4, 0.5) is 0 Å². The smallest absolute Gasteiger partial charge is 0.141 e. The lowest BCUT2D eigenvalue weighted by Crippen LogP contribution is -2.48. The van der Waals surface area contributed by atoms with Gasteiger partial charge in [-0.2, -0.15) is 0 Å². The number of fused-ring (bicyclic) bond motifs is 8. The summed E-state index contributed by atoms with van der Waals surface area (Å²) in [5, 5.41) is 11.1. The molecule has 240 valence electrons. The Morgan fingerprint density at radius 1 is 0.460 bits per heavy atom. The van der Waals surface area contributed by atoms with Crippen LogP contribution >= 0.6 is 0 Å². The third kappa shape index (κ3) is 3.74. The van der Waals surface area contributed by atoms with Crippen LogP contribution in [0.2, 0.25) is 0 Å². The molecule has 0 amide bonds. The first-order chi connectivity index (χ1) is 24.7. The molecule has 0 unspecified atom stereocenters. The van der Waals surface area contributed by atoms with Crippen LogP contribution < -0.4 is 0 Å². The van der Waals surface area contributed by atoms with Crippen LogP contribution in [0.1, 0.15) is 44.1 Å². The standard InChI is InChI=1S/C48H36O2/c1-3-10-38-36(8-1)45(37-9-2-4-11-39(37)46(38)33-15-18-44-41(23-33)35-7-5-6-12-43(35)50-44)32-14-16-34-31(22-32)13-17-40-42(27-49-47(34)40)48-24-28-19-29(25-48)21-30(20-28)26-48/h1-18,22-23,27-30H,19-21,24-26H2. The summed E-state index contributed by atoms with van der Waals surface area (Å²) in [5.74, 6) is 2.75. The molecule has 0 N–H and O–H groups in total. The topological polar surface area (TPSA) is 26.3 Å². The van der Waals surface area contributed by atoms with Gasteiger partial charge in [0, 0.05) is 27.1 Å². The van der Waals surface area contributed by atoms with E-state index in [1.807, 2.05) is 6.07 Å². The van der Waals surface area contributed by atoms with E-state index in [1.165, 1.54) is 104 Å². The molecule has 0 aliphatic heterocycles. The summed E-state index contributed by atoms with van der Waals surface area (Å²) in [5.41, 5.74) is 9.72. The van der Waals surface area contributed by atoms with E-state index < -0.39 is 0 Å². The Hall–Kier alpha value is -5.34. The number of hydrogen-bond donors (Lipinski definition) is 0. The highest BCUT2D eigenvalue weighted by Gasteiger charge is 2.52. The maximum atomic E-state index is 6.55. The second kappa shape index (κ2) is 9.88. The summed E-state index contributed by atoms with van der Waals surface area (Å²) in [6.07, 6.45) is 10.6. The zero-order valence-electron chi connectivity index (χ0n) is 27.9. The van der Waals surface area contributed by atoms with Gasteiger partial charge >= 0.3 is 0 Å². The van der Waals surface area contributed by atoms with Crippen molar-refractivity contribution in [3.05, 3.63) is 133 Å². The molecule has 13 rings (SSSR count). The first-order valence-electron chi connectivity index (χ1n) is 18.5. The first-order valence-corrected chi connectivity index (χ1v) is 18.5. The van der Waals surface area contributed by atoms with E-state index in [-0.39, 0.29) is 0 Å². The predicted molar refractivity (Wildman–Crippen MR) is 207 cm³/mol. The van der Waals surface area contributed by atoms with Gasteiger partial charge in [-0.3, -0.25) is 0 Å². The molecule has 4 bridgehead atoms. The number of para-hydroxylation sites is 1. The summed E-state index contributed by atoms with van der Waals surface area (Å²) >= 11 is 0. The summed E-state index contributed by atoms with van der Waals surface area (Å²) in [7, 11) is 0. The highest BCUT2D eigenvalue weighted by molar-refractivity contribution is 6.22. The maximum absolute atomic E-state index is 6.55. The van der Waals surface area contributed by atoms with Crippen LogP contribution in [0, 0.1) is 17.8 Å². The van der Waals surface area contributed by atoms with Crippen molar-refractivity contribution in [2.24, 2.45) is 17.8 Å². The lowest BCUT2D eigenvalue weighted by molar-refractivity contribution is -0.00483. The van der Waals surface area contributed by atoms with Gasteiger partial charge in [0.25, 0.3) is 0 Å². The first kappa shape index (κ1) is 27.5. The van der Waals surface area contributed by atoms with Gasteiger partial charge in [-0.1, -0.05) is 91.0 Å². The number of hydrogen-bond acceptors (Lipinski definition) is 2. The highest BCUT2D eigenvalue weighted by Crippen LogP contribution is 2.62. The molecule has 4 fully saturated rings. The van der Waals surface area contributed by atoms with Gasteiger partial charge in [0.05, 0.1) is 6.26 Å². The molecule has 50 heavy (non-hydrogen) atoms. The highest BCUT2D eigenvalue weighted by atomic mass is 16.3. The van der Waals surface area contributed by atoms with Gasteiger partial charge in [0.2, 0.25) is 0 Å². The van der Waals surface area contributed by atoms with Gasteiger partial charge < -0.3 is 8.83 Å². The zero-order valence-corrected chi connectivity index (χ0v) is 27.9. The minimum atomic E-state index is 0.322. The van der Waals surface area contributed by atoms with E-state index in [4.69, 9.17) is 8.83 Å². The van der Waals surface area contributed by atoms with Crippen LogP contribution in [-0.2, 0) is 5.41 Å². The van der Waals surface area contributed by atoms with E-state index in [9.17, 15) is 0 Å². The third-order valence-corrected chi connectivity index (χ3v) is 13.1. The predicted octanol–water partition coefficient (Wildman–Crippen LogP) is 13.6. The van der Waals surface area contributed by atoms with E-state index in [0.29, 0.717) is 5.41 Å². The van der Waals surface area contributed by atoms with Crippen LogP contribution in [0.3, 0.4) is 0 Å². The molecule has 2 aromatic heterocycles. The van der Waals surface area contributed by atoms with Crippen molar-refractivity contribution in [3.8, 4) is 22.3 Å². The number of benzene rings is 7. The lowest BCUT2D eigenvalue weighted by Gasteiger charge is -2.56. The average molecular weight is 645 g/mol. The Labute approximate surface area is 290 Å². The van der Waals surface area contributed by atoms with Crippen molar-refractivity contribution < 1.29 is 8.83 Å². The Morgan fingerprint density at radius 2 is 1.00 bits per heavy atom. The SMILES string of the molecule is c1ccc2c(c1)oc1ccc(-c3c4ccccc4c(-c4ccc5c(ccc6c(C78CC9CC(CC(C9)C7)C8)coc65)c4)c4ccccc34)cc12. The van der Waals surface area contributed by atoms with Gasteiger partial charge in [-0.15, -0.1) is 0 Å². The largest absolute Gasteiger partial charge is 0.463 e. The van der Waals surface area contributed by atoms with Crippen LogP contribution in [-0.4, -0.2) is 0 Å². The number of rotatable bonds is 3. The lowest BCUT2D eigenvalue weighted by atomic mass is 9.48. The number of furan rings is 2. The Balaban J connectivity index is 1.04. The minimum Gasteiger partial charge on any atom is -0.463 e. The fourth-order valence-electron chi connectivity index (χ4n) is 11.5. The third-order valence-electron chi connectivity index (χ3n) is 13.1. The van der Waals surface area contributed by atoms with E-state index >= 15 is 0 Å². The van der Waals surface area contributed by atoms with Crippen molar-refractivity contribution in [3.63, 3.8) is 0 Å². The van der Waals surface area contributed by atoms with Crippen LogP contribution in [0.15, 0.2) is 136 Å². The van der Waals surface area contributed by atoms with Crippen molar-refractivity contribution in [2.75, 3.05) is 0 Å². The molecule has 2 heterocycles. The molecule has 4 aliphatic rings. The minimum absolute atomic E-state index is 0.322. The Kier molecular flexibility index (Phi) is 5.43. The quantitative estimate of drug-likeness (QED) is 0.179. The molecule has 7 aromatic carbocycles. The van der Waals surface area contributed by atoms with Gasteiger partial charge in [0.1, 0.15) is 16.7 Å². The molecule has 4 aliphatic carbocycles. The van der Waals surface area contributed by atoms with Gasteiger partial charge in [-0.05, 0) is 141 Å². The Bertz CT molecular complexity index is 2770. The second-order valence-electron chi connectivity index (χ2n) is 15.9. The van der Waals surface area contributed by atoms with Crippen molar-refractivity contribution in [1.82, 2.24) is 0 Å². The fourth-order valence-corrected chi connectivity index (χ4v) is 11.5.